The fourth-order valence-electron chi connectivity index (χ4n) is 2.91. The van der Waals surface area contributed by atoms with Gasteiger partial charge in [-0.25, -0.2) is 0 Å². The standard InChI is InChI=1S/C14H19N3O/c1-8(15)7-17-12-6-13(18)9(2)10-4-3-5-11(16-17)14(10)12/h6,8,18H,3-5,7,15H2,1-2H3. The van der Waals surface area contributed by atoms with E-state index in [-0.39, 0.29) is 6.04 Å². The lowest BCUT2D eigenvalue weighted by Crippen LogP contribution is -2.22. The molecule has 3 N–H and O–H groups in total. The number of benzene rings is 1. The lowest BCUT2D eigenvalue weighted by molar-refractivity contribution is 0.470. The number of nitrogens with zero attached hydrogens (tertiary/aromatic N) is 2. The second-order valence-corrected chi connectivity index (χ2v) is 5.35. The van der Waals surface area contributed by atoms with Crippen LogP contribution in [0.5, 0.6) is 5.75 Å². The van der Waals surface area contributed by atoms with Crippen molar-refractivity contribution in [3.63, 3.8) is 0 Å². The van der Waals surface area contributed by atoms with E-state index in [0.717, 1.165) is 36.0 Å². The zero-order valence-corrected chi connectivity index (χ0v) is 10.9. The van der Waals surface area contributed by atoms with Crippen molar-refractivity contribution in [1.29, 1.82) is 0 Å². The number of nitrogens with two attached hydrogens (primary N) is 1. The van der Waals surface area contributed by atoms with Crippen LogP contribution in [0.1, 0.15) is 30.2 Å². The summed E-state index contributed by atoms with van der Waals surface area (Å²) in [6, 6.07) is 1.90. The fourth-order valence-corrected chi connectivity index (χ4v) is 2.91. The van der Waals surface area contributed by atoms with Crippen molar-refractivity contribution in [3.05, 3.63) is 22.9 Å². The summed E-state index contributed by atoms with van der Waals surface area (Å²) in [5.41, 5.74) is 10.3. The van der Waals surface area contributed by atoms with Crippen molar-refractivity contribution in [2.45, 2.75) is 45.7 Å². The maximum absolute atomic E-state index is 10.0. The van der Waals surface area contributed by atoms with Gasteiger partial charge in [-0.15, -0.1) is 0 Å². The highest BCUT2D eigenvalue weighted by Crippen LogP contribution is 2.36. The van der Waals surface area contributed by atoms with Crippen LogP contribution < -0.4 is 5.73 Å². The molecular weight excluding hydrogens is 226 g/mol. The summed E-state index contributed by atoms with van der Waals surface area (Å²) in [4.78, 5) is 0. The summed E-state index contributed by atoms with van der Waals surface area (Å²) < 4.78 is 1.95. The van der Waals surface area contributed by atoms with Crippen LogP contribution in [0.3, 0.4) is 0 Å². The Labute approximate surface area is 106 Å². The van der Waals surface area contributed by atoms with Crippen molar-refractivity contribution in [2.24, 2.45) is 5.73 Å². The smallest absolute Gasteiger partial charge is 0.120 e. The number of aromatic nitrogens is 2. The molecule has 0 saturated carbocycles. The first-order valence-electron chi connectivity index (χ1n) is 6.54. The van der Waals surface area contributed by atoms with E-state index in [1.165, 1.54) is 10.9 Å². The number of aromatic hydroxyl groups is 1. The minimum atomic E-state index is 0.0635. The van der Waals surface area contributed by atoms with Crippen LogP contribution in [-0.4, -0.2) is 20.9 Å². The lowest BCUT2D eigenvalue weighted by atomic mass is 9.91. The van der Waals surface area contributed by atoms with Gasteiger partial charge < -0.3 is 10.8 Å². The Balaban J connectivity index is 2.30. The summed E-state index contributed by atoms with van der Waals surface area (Å²) in [6.45, 7) is 4.66. The number of hydrogen-bond acceptors (Lipinski definition) is 3. The first kappa shape index (κ1) is 11.5. The Morgan fingerprint density at radius 1 is 1.50 bits per heavy atom. The average molecular weight is 245 g/mol. The van der Waals surface area contributed by atoms with E-state index < -0.39 is 0 Å². The maximum Gasteiger partial charge on any atom is 0.120 e. The van der Waals surface area contributed by atoms with E-state index in [9.17, 15) is 5.11 Å². The lowest BCUT2D eigenvalue weighted by Gasteiger charge is -2.14. The molecule has 1 aliphatic carbocycles. The fraction of sp³-hybridized carbons (Fsp3) is 0.500. The van der Waals surface area contributed by atoms with E-state index in [1.807, 2.05) is 24.6 Å². The Hall–Kier alpha value is -1.55. The van der Waals surface area contributed by atoms with Crippen LogP contribution in [0.4, 0.5) is 0 Å². The van der Waals surface area contributed by atoms with E-state index in [4.69, 9.17) is 5.73 Å². The van der Waals surface area contributed by atoms with Gasteiger partial charge in [-0.2, -0.15) is 5.10 Å². The molecule has 2 aromatic rings. The van der Waals surface area contributed by atoms with Gasteiger partial charge in [0.05, 0.1) is 17.8 Å². The van der Waals surface area contributed by atoms with E-state index in [2.05, 4.69) is 5.10 Å². The first-order chi connectivity index (χ1) is 8.58. The predicted octanol–water partition coefficient (Wildman–Crippen LogP) is 1.89. The summed E-state index contributed by atoms with van der Waals surface area (Å²) >= 11 is 0. The van der Waals surface area contributed by atoms with Crippen LogP contribution in [-0.2, 0) is 19.4 Å². The molecule has 4 heteroatoms. The molecule has 1 heterocycles. The van der Waals surface area contributed by atoms with Crippen LogP contribution in [0, 0.1) is 6.92 Å². The monoisotopic (exact) mass is 245 g/mol. The van der Waals surface area contributed by atoms with Crippen LogP contribution >= 0.6 is 0 Å². The highest BCUT2D eigenvalue weighted by Gasteiger charge is 2.22. The minimum absolute atomic E-state index is 0.0635. The molecule has 0 radical (unpaired) electrons. The van der Waals surface area contributed by atoms with Gasteiger partial charge in [-0.3, -0.25) is 4.68 Å². The van der Waals surface area contributed by atoms with Crippen LogP contribution in [0.25, 0.3) is 10.9 Å². The Morgan fingerprint density at radius 2 is 2.28 bits per heavy atom. The normalized spacial score (nSPS) is 16.2. The third-order valence-corrected chi connectivity index (χ3v) is 3.78. The van der Waals surface area contributed by atoms with Gasteiger partial charge in [0, 0.05) is 17.5 Å². The summed E-state index contributed by atoms with van der Waals surface area (Å²) in [5.74, 6) is 0.372. The second-order valence-electron chi connectivity index (χ2n) is 5.35. The van der Waals surface area contributed by atoms with Gasteiger partial charge in [0.15, 0.2) is 0 Å². The molecule has 1 atom stereocenters. The predicted molar refractivity (Wildman–Crippen MR) is 71.8 cm³/mol. The second kappa shape index (κ2) is 3.99. The number of phenolic OH excluding ortho intramolecular Hbond substituents is 1. The molecule has 0 fully saturated rings. The Morgan fingerprint density at radius 3 is 3.00 bits per heavy atom. The molecule has 4 nitrogen and oxygen atoms in total. The molecule has 96 valence electrons. The maximum atomic E-state index is 10.0. The zero-order valence-electron chi connectivity index (χ0n) is 10.9. The molecule has 0 saturated heterocycles. The van der Waals surface area contributed by atoms with Crippen molar-refractivity contribution in [3.8, 4) is 5.75 Å². The quantitative estimate of drug-likeness (QED) is 0.849. The summed E-state index contributed by atoms with van der Waals surface area (Å²) in [5, 5.41) is 16.0. The Kier molecular flexibility index (Phi) is 2.55. The SMILES string of the molecule is Cc1c(O)cc2c3c(nn2CC(C)N)CCCc13. The van der Waals surface area contributed by atoms with Gasteiger partial charge >= 0.3 is 0 Å². The molecule has 1 aromatic heterocycles. The van der Waals surface area contributed by atoms with Crippen molar-refractivity contribution in [1.82, 2.24) is 9.78 Å². The van der Waals surface area contributed by atoms with E-state index in [0.29, 0.717) is 12.3 Å². The zero-order chi connectivity index (χ0) is 12.9. The van der Waals surface area contributed by atoms with Crippen molar-refractivity contribution >= 4 is 10.9 Å². The van der Waals surface area contributed by atoms with Gasteiger partial charge in [0.1, 0.15) is 5.75 Å². The minimum Gasteiger partial charge on any atom is -0.508 e. The molecule has 0 bridgehead atoms. The highest BCUT2D eigenvalue weighted by molar-refractivity contribution is 5.89. The molecule has 0 spiro atoms. The summed E-state index contributed by atoms with van der Waals surface area (Å²) in [6.07, 6.45) is 3.18. The van der Waals surface area contributed by atoms with Crippen LogP contribution in [0.2, 0.25) is 0 Å². The average Bonchev–Trinajstić information content (AvgIpc) is 2.64. The molecular formula is C14H19N3O. The van der Waals surface area contributed by atoms with Gasteiger partial charge in [-0.1, -0.05) is 0 Å². The topological polar surface area (TPSA) is 64.1 Å². The third-order valence-electron chi connectivity index (χ3n) is 3.78. The molecule has 1 aromatic carbocycles. The third kappa shape index (κ3) is 1.60. The molecule has 0 aliphatic heterocycles. The molecule has 18 heavy (non-hydrogen) atoms. The number of hydrogen-bond donors (Lipinski definition) is 2. The van der Waals surface area contributed by atoms with Crippen LogP contribution in [0.15, 0.2) is 6.07 Å². The van der Waals surface area contributed by atoms with E-state index >= 15 is 0 Å². The van der Waals surface area contributed by atoms with Gasteiger partial charge in [0.25, 0.3) is 0 Å². The van der Waals surface area contributed by atoms with Crippen molar-refractivity contribution < 1.29 is 5.11 Å². The van der Waals surface area contributed by atoms with Crippen molar-refractivity contribution in [2.75, 3.05) is 0 Å². The number of aryl methyl sites for hydroxylation is 2. The first-order valence-corrected chi connectivity index (χ1v) is 6.54. The molecule has 1 aliphatic rings. The van der Waals surface area contributed by atoms with E-state index in [1.54, 1.807) is 0 Å². The number of phenols is 1. The molecule has 3 rings (SSSR count). The molecule has 0 amide bonds. The highest BCUT2D eigenvalue weighted by atomic mass is 16.3. The van der Waals surface area contributed by atoms with Gasteiger partial charge in [0.2, 0.25) is 0 Å². The number of rotatable bonds is 2. The van der Waals surface area contributed by atoms with Gasteiger partial charge in [-0.05, 0) is 44.2 Å². The largest absolute Gasteiger partial charge is 0.508 e. The Bertz CT molecular complexity index is 613. The summed E-state index contributed by atoms with van der Waals surface area (Å²) in [7, 11) is 0. The molecule has 1 unspecified atom stereocenters.